The number of rotatable bonds is 1. The Morgan fingerprint density at radius 3 is 2.80 bits per heavy atom. The van der Waals surface area contributed by atoms with Crippen molar-refractivity contribution in [2.75, 3.05) is 13.1 Å². The van der Waals surface area contributed by atoms with Crippen molar-refractivity contribution in [3.8, 4) is 0 Å². The van der Waals surface area contributed by atoms with E-state index in [0.29, 0.717) is 0 Å². The van der Waals surface area contributed by atoms with E-state index >= 15 is 0 Å². The van der Waals surface area contributed by atoms with E-state index in [9.17, 15) is 0 Å². The quantitative estimate of drug-likeness (QED) is 0.795. The molecule has 1 fully saturated rings. The lowest BCUT2D eigenvalue weighted by Gasteiger charge is -2.35. The average molecular weight is 244 g/mol. The summed E-state index contributed by atoms with van der Waals surface area (Å²) in [5, 5.41) is 5.01. The summed E-state index contributed by atoms with van der Waals surface area (Å²) in [6.07, 6.45) is 2.36. The molecule has 15 heavy (non-hydrogen) atoms. The second-order valence-corrected chi connectivity index (χ2v) is 5.31. The summed E-state index contributed by atoms with van der Waals surface area (Å²) in [5.41, 5.74) is 1.30. The Morgan fingerprint density at radius 1 is 1.33 bits per heavy atom. The van der Waals surface area contributed by atoms with Gasteiger partial charge in [0.1, 0.15) is 0 Å². The van der Waals surface area contributed by atoms with E-state index in [4.69, 9.17) is 23.2 Å². The molecule has 1 aliphatic heterocycles. The summed E-state index contributed by atoms with van der Waals surface area (Å²) < 4.78 is 0. The molecule has 1 heterocycles. The highest BCUT2D eigenvalue weighted by Gasteiger charge is 2.30. The molecule has 1 saturated heterocycles. The third-order valence-electron chi connectivity index (χ3n) is 3.18. The Hall–Kier alpha value is -0.240. The molecule has 1 atom stereocenters. The second-order valence-electron chi connectivity index (χ2n) is 4.47. The van der Waals surface area contributed by atoms with E-state index in [2.05, 4.69) is 12.2 Å². The van der Waals surface area contributed by atoms with Crippen LogP contribution >= 0.6 is 23.2 Å². The molecule has 1 aliphatic rings. The predicted molar refractivity (Wildman–Crippen MR) is 65.9 cm³/mol. The number of piperidine rings is 1. The monoisotopic (exact) mass is 243 g/mol. The van der Waals surface area contributed by atoms with Gasteiger partial charge in [0.15, 0.2) is 0 Å². The molecular formula is C12H15Cl2N. The van der Waals surface area contributed by atoms with Gasteiger partial charge in [-0.2, -0.15) is 0 Å². The molecule has 1 unspecified atom stereocenters. The Balaban J connectivity index is 2.38. The van der Waals surface area contributed by atoms with Crippen LogP contribution in [0.2, 0.25) is 10.0 Å². The van der Waals surface area contributed by atoms with Gasteiger partial charge in [0.25, 0.3) is 0 Å². The summed E-state index contributed by atoms with van der Waals surface area (Å²) in [4.78, 5) is 0. The van der Waals surface area contributed by atoms with Gasteiger partial charge in [-0.3, -0.25) is 0 Å². The molecule has 1 nitrogen and oxygen atoms in total. The maximum Gasteiger partial charge on any atom is 0.0445 e. The molecule has 0 aliphatic carbocycles. The van der Waals surface area contributed by atoms with Crippen LogP contribution in [0, 0.1) is 0 Å². The maximum atomic E-state index is 6.23. The Bertz CT molecular complexity index is 357. The SMILES string of the molecule is CC1(c2cc(Cl)ccc2Cl)CCCNC1. The largest absolute Gasteiger partial charge is 0.316 e. The van der Waals surface area contributed by atoms with Crippen molar-refractivity contribution in [3.05, 3.63) is 33.8 Å². The third-order valence-corrected chi connectivity index (χ3v) is 3.74. The minimum Gasteiger partial charge on any atom is -0.316 e. The Labute approximate surface area is 101 Å². The molecule has 0 saturated carbocycles. The van der Waals surface area contributed by atoms with E-state index in [-0.39, 0.29) is 5.41 Å². The zero-order chi connectivity index (χ0) is 10.9. The molecule has 1 aromatic rings. The third kappa shape index (κ3) is 2.30. The summed E-state index contributed by atoms with van der Waals surface area (Å²) >= 11 is 12.3. The molecule has 0 radical (unpaired) electrons. The van der Waals surface area contributed by atoms with Crippen LogP contribution in [0.25, 0.3) is 0 Å². The van der Waals surface area contributed by atoms with Gasteiger partial charge in [0.2, 0.25) is 0 Å². The van der Waals surface area contributed by atoms with Crippen LogP contribution in [-0.2, 0) is 5.41 Å². The smallest absolute Gasteiger partial charge is 0.0445 e. The van der Waals surface area contributed by atoms with Gasteiger partial charge in [-0.15, -0.1) is 0 Å². The number of nitrogens with one attached hydrogen (secondary N) is 1. The van der Waals surface area contributed by atoms with E-state index in [1.54, 1.807) is 0 Å². The lowest BCUT2D eigenvalue weighted by Crippen LogP contribution is -2.41. The molecule has 0 aromatic heterocycles. The highest BCUT2D eigenvalue weighted by Crippen LogP contribution is 2.36. The lowest BCUT2D eigenvalue weighted by atomic mass is 9.76. The normalized spacial score (nSPS) is 26.6. The van der Waals surface area contributed by atoms with Crippen molar-refractivity contribution >= 4 is 23.2 Å². The molecule has 3 heteroatoms. The fourth-order valence-corrected chi connectivity index (χ4v) is 2.76. The van der Waals surface area contributed by atoms with Crippen molar-refractivity contribution in [1.29, 1.82) is 0 Å². The highest BCUT2D eigenvalue weighted by molar-refractivity contribution is 6.33. The molecule has 1 N–H and O–H groups in total. The molecule has 0 bridgehead atoms. The summed E-state index contributed by atoms with van der Waals surface area (Å²) in [5.74, 6) is 0. The van der Waals surface area contributed by atoms with Crippen LogP contribution in [0.3, 0.4) is 0 Å². The van der Waals surface area contributed by atoms with Crippen molar-refractivity contribution in [2.45, 2.75) is 25.2 Å². The molecule has 2 rings (SSSR count). The van der Waals surface area contributed by atoms with Gasteiger partial charge in [0, 0.05) is 22.0 Å². The zero-order valence-electron chi connectivity index (χ0n) is 8.82. The van der Waals surface area contributed by atoms with Gasteiger partial charge < -0.3 is 5.32 Å². The summed E-state index contributed by atoms with van der Waals surface area (Å²) in [6.45, 7) is 4.33. The number of benzene rings is 1. The second kappa shape index (κ2) is 4.32. The van der Waals surface area contributed by atoms with E-state index < -0.39 is 0 Å². The first-order chi connectivity index (χ1) is 7.12. The molecular weight excluding hydrogens is 229 g/mol. The molecule has 0 spiro atoms. The first-order valence-corrected chi connectivity index (χ1v) is 6.04. The van der Waals surface area contributed by atoms with Crippen molar-refractivity contribution < 1.29 is 0 Å². The number of hydrogen-bond acceptors (Lipinski definition) is 1. The fraction of sp³-hybridized carbons (Fsp3) is 0.500. The minimum atomic E-state index is 0.125. The highest BCUT2D eigenvalue weighted by atomic mass is 35.5. The fourth-order valence-electron chi connectivity index (χ4n) is 2.25. The minimum absolute atomic E-state index is 0.125. The molecule has 82 valence electrons. The van der Waals surface area contributed by atoms with Gasteiger partial charge in [-0.25, -0.2) is 0 Å². The summed E-state index contributed by atoms with van der Waals surface area (Å²) in [7, 11) is 0. The average Bonchev–Trinajstić information content (AvgIpc) is 2.23. The van der Waals surface area contributed by atoms with Crippen LogP contribution in [0.4, 0.5) is 0 Å². The maximum absolute atomic E-state index is 6.23. The molecule has 0 amide bonds. The van der Waals surface area contributed by atoms with Gasteiger partial charge >= 0.3 is 0 Å². The van der Waals surface area contributed by atoms with E-state index in [0.717, 1.165) is 23.1 Å². The van der Waals surface area contributed by atoms with Crippen molar-refractivity contribution in [2.24, 2.45) is 0 Å². The van der Waals surface area contributed by atoms with Crippen LogP contribution in [-0.4, -0.2) is 13.1 Å². The number of halogens is 2. The van der Waals surface area contributed by atoms with Crippen LogP contribution in [0.1, 0.15) is 25.3 Å². The summed E-state index contributed by atoms with van der Waals surface area (Å²) in [6, 6.07) is 5.73. The zero-order valence-corrected chi connectivity index (χ0v) is 10.3. The van der Waals surface area contributed by atoms with E-state index in [1.165, 1.54) is 18.4 Å². The number of hydrogen-bond donors (Lipinski definition) is 1. The topological polar surface area (TPSA) is 12.0 Å². The van der Waals surface area contributed by atoms with Gasteiger partial charge in [0.05, 0.1) is 0 Å². The first kappa shape index (κ1) is 11.3. The van der Waals surface area contributed by atoms with Crippen LogP contribution < -0.4 is 5.32 Å². The van der Waals surface area contributed by atoms with Crippen molar-refractivity contribution in [3.63, 3.8) is 0 Å². The van der Waals surface area contributed by atoms with Gasteiger partial charge in [-0.1, -0.05) is 30.1 Å². The van der Waals surface area contributed by atoms with Crippen LogP contribution in [0.15, 0.2) is 18.2 Å². The van der Waals surface area contributed by atoms with Crippen molar-refractivity contribution in [1.82, 2.24) is 5.32 Å². The van der Waals surface area contributed by atoms with Gasteiger partial charge in [-0.05, 0) is 43.1 Å². The Morgan fingerprint density at radius 2 is 2.13 bits per heavy atom. The van der Waals surface area contributed by atoms with Crippen LogP contribution in [0.5, 0.6) is 0 Å². The molecule has 1 aromatic carbocycles. The Kier molecular flexibility index (Phi) is 3.24. The standard InChI is InChI=1S/C12H15Cl2N/c1-12(5-2-6-15-8-12)10-7-9(13)3-4-11(10)14/h3-4,7,15H,2,5-6,8H2,1H3. The van der Waals surface area contributed by atoms with E-state index in [1.807, 2.05) is 18.2 Å². The predicted octanol–water partition coefficient (Wildman–Crippen LogP) is 3.63. The lowest BCUT2D eigenvalue weighted by molar-refractivity contribution is 0.340. The first-order valence-electron chi connectivity index (χ1n) is 5.28.